The smallest absolute Gasteiger partial charge is 0.0686 e. The molecule has 2 nitrogen and oxygen atoms in total. The molecule has 3 rings (SSSR count). The van der Waals surface area contributed by atoms with E-state index in [0.29, 0.717) is 6.04 Å². The highest BCUT2D eigenvalue weighted by atomic mass is 32.1. The minimum absolute atomic E-state index is 0.224. The van der Waals surface area contributed by atoms with Gasteiger partial charge in [-0.3, -0.25) is 0 Å². The third-order valence-corrected chi connectivity index (χ3v) is 6.28. The maximum atomic E-state index is 6.23. The Hall–Kier alpha value is -0.380. The van der Waals surface area contributed by atoms with E-state index in [0.717, 1.165) is 19.1 Å². The molecular formula is C18H29NOS. The van der Waals surface area contributed by atoms with Crippen LogP contribution in [-0.2, 0) is 4.74 Å². The summed E-state index contributed by atoms with van der Waals surface area (Å²) in [5.41, 5.74) is 0.224. The van der Waals surface area contributed by atoms with E-state index >= 15 is 0 Å². The van der Waals surface area contributed by atoms with Crippen molar-refractivity contribution < 1.29 is 4.74 Å². The summed E-state index contributed by atoms with van der Waals surface area (Å²) in [7, 11) is 0. The summed E-state index contributed by atoms with van der Waals surface area (Å²) in [6.45, 7) is 6.55. The standard InChI is InChI=1S/C18H29NOS/c1-3-11-19-17(16-7-6-14(2)21-16)15-8-12-20-18(13-15)9-4-5-10-18/h6-7,15,17,19H,3-5,8-13H2,1-2H3. The van der Waals surface area contributed by atoms with E-state index in [1.54, 1.807) is 0 Å². The average molecular weight is 308 g/mol. The maximum absolute atomic E-state index is 6.23. The lowest BCUT2D eigenvalue weighted by molar-refractivity contribution is -0.0980. The predicted octanol–water partition coefficient (Wildman–Crippen LogP) is 4.84. The van der Waals surface area contributed by atoms with Gasteiger partial charge in [0.05, 0.1) is 5.60 Å². The summed E-state index contributed by atoms with van der Waals surface area (Å²) < 4.78 is 6.23. The van der Waals surface area contributed by atoms with Gasteiger partial charge in [0.2, 0.25) is 0 Å². The van der Waals surface area contributed by atoms with Crippen LogP contribution in [0.5, 0.6) is 0 Å². The van der Waals surface area contributed by atoms with Crippen LogP contribution in [0.4, 0.5) is 0 Å². The van der Waals surface area contributed by atoms with Crippen LogP contribution in [0.1, 0.15) is 67.7 Å². The Kier molecular flexibility index (Phi) is 5.03. The second-order valence-electron chi connectivity index (χ2n) is 6.87. The number of hydrogen-bond donors (Lipinski definition) is 1. The Bertz CT molecular complexity index is 450. The lowest BCUT2D eigenvalue weighted by Crippen LogP contribution is -2.42. The van der Waals surface area contributed by atoms with Crippen molar-refractivity contribution in [3.8, 4) is 0 Å². The summed E-state index contributed by atoms with van der Waals surface area (Å²) in [6, 6.07) is 5.14. The number of rotatable bonds is 5. The fourth-order valence-electron chi connectivity index (χ4n) is 4.14. The van der Waals surface area contributed by atoms with Crippen molar-refractivity contribution in [2.24, 2.45) is 5.92 Å². The molecule has 21 heavy (non-hydrogen) atoms. The highest BCUT2D eigenvalue weighted by molar-refractivity contribution is 7.12. The Morgan fingerprint density at radius 2 is 2.19 bits per heavy atom. The Labute approximate surface area is 133 Å². The zero-order chi connectivity index (χ0) is 14.7. The summed E-state index contributed by atoms with van der Waals surface area (Å²) in [6.07, 6.45) is 8.96. The largest absolute Gasteiger partial charge is 0.375 e. The first kappa shape index (κ1) is 15.5. The number of ether oxygens (including phenoxy) is 1. The first-order valence-corrected chi connectivity index (χ1v) is 9.48. The molecule has 2 atom stereocenters. The predicted molar refractivity (Wildman–Crippen MR) is 90.0 cm³/mol. The van der Waals surface area contributed by atoms with Crippen molar-refractivity contribution in [1.29, 1.82) is 0 Å². The van der Waals surface area contributed by atoms with E-state index in [4.69, 9.17) is 4.74 Å². The van der Waals surface area contributed by atoms with Gasteiger partial charge in [-0.2, -0.15) is 0 Å². The van der Waals surface area contributed by atoms with E-state index in [1.165, 1.54) is 54.7 Å². The molecule has 2 fully saturated rings. The topological polar surface area (TPSA) is 21.3 Å². The van der Waals surface area contributed by atoms with Crippen LogP contribution >= 0.6 is 11.3 Å². The SMILES string of the molecule is CCCNC(c1ccc(C)s1)C1CCOC2(CCCC2)C1. The Balaban J connectivity index is 1.75. The molecule has 1 N–H and O–H groups in total. The van der Waals surface area contributed by atoms with Crippen LogP contribution in [0.25, 0.3) is 0 Å². The molecule has 2 heterocycles. The third kappa shape index (κ3) is 3.52. The van der Waals surface area contributed by atoms with Crippen LogP contribution < -0.4 is 5.32 Å². The van der Waals surface area contributed by atoms with Crippen molar-refractivity contribution >= 4 is 11.3 Å². The lowest BCUT2D eigenvalue weighted by atomic mass is 9.80. The van der Waals surface area contributed by atoms with Gasteiger partial charge in [0, 0.05) is 22.4 Å². The van der Waals surface area contributed by atoms with Gasteiger partial charge < -0.3 is 10.1 Å². The second kappa shape index (κ2) is 6.80. The summed E-state index contributed by atoms with van der Waals surface area (Å²) in [5.74, 6) is 0.737. The fraction of sp³-hybridized carbons (Fsp3) is 0.778. The van der Waals surface area contributed by atoms with E-state index in [-0.39, 0.29) is 5.60 Å². The molecule has 1 aromatic heterocycles. The minimum Gasteiger partial charge on any atom is -0.375 e. The van der Waals surface area contributed by atoms with Crippen LogP contribution in [0.15, 0.2) is 12.1 Å². The molecule has 2 aliphatic rings. The molecule has 1 aliphatic heterocycles. The molecule has 1 saturated heterocycles. The van der Waals surface area contributed by atoms with Crippen molar-refractivity contribution in [1.82, 2.24) is 5.32 Å². The molecule has 0 bridgehead atoms. The highest BCUT2D eigenvalue weighted by Crippen LogP contribution is 2.46. The molecule has 0 radical (unpaired) electrons. The quantitative estimate of drug-likeness (QED) is 0.840. The van der Waals surface area contributed by atoms with Crippen LogP contribution in [0.3, 0.4) is 0 Å². The molecule has 2 unspecified atom stereocenters. The normalized spacial score (nSPS) is 26.3. The van der Waals surface area contributed by atoms with E-state index < -0.39 is 0 Å². The first-order chi connectivity index (χ1) is 10.2. The van der Waals surface area contributed by atoms with Gasteiger partial charge in [0.1, 0.15) is 0 Å². The van der Waals surface area contributed by atoms with Gasteiger partial charge in [-0.25, -0.2) is 0 Å². The van der Waals surface area contributed by atoms with Crippen LogP contribution in [0, 0.1) is 12.8 Å². The van der Waals surface area contributed by atoms with E-state index in [2.05, 4.69) is 31.3 Å². The lowest BCUT2D eigenvalue weighted by Gasteiger charge is -2.41. The molecule has 1 aliphatic carbocycles. The summed E-state index contributed by atoms with van der Waals surface area (Å²) >= 11 is 1.97. The van der Waals surface area contributed by atoms with Crippen molar-refractivity contribution in [3.05, 3.63) is 21.9 Å². The summed E-state index contributed by atoms with van der Waals surface area (Å²) in [4.78, 5) is 2.96. The zero-order valence-electron chi connectivity index (χ0n) is 13.5. The molecule has 118 valence electrons. The number of nitrogens with one attached hydrogen (secondary N) is 1. The highest BCUT2D eigenvalue weighted by Gasteiger charge is 2.42. The maximum Gasteiger partial charge on any atom is 0.0686 e. The first-order valence-electron chi connectivity index (χ1n) is 8.66. The molecule has 0 aromatic carbocycles. The van der Waals surface area contributed by atoms with Gasteiger partial charge in [-0.1, -0.05) is 19.8 Å². The van der Waals surface area contributed by atoms with Crippen molar-refractivity contribution in [3.63, 3.8) is 0 Å². The number of hydrogen-bond acceptors (Lipinski definition) is 3. The molecule has 3 heteroatoms. The molecule has 1 aromatic rings. The van der Waals surface area contributed by atoms with Crippen LogP contribution in [0.2, 0.25) is 0 Å². The van der Waals surface area contributed by atoms with Gasteiger partial charge in [0.25, 0.3) is 0 Å². The molecule has 1 spiro atoms. The number of aryl methyl sites for hydroxylation is 1. The number of thiophene rings is 1. The van der Waals surface area contributed by atoms with Gasteiger partial charge in [-0.05, 0) is 63.6 Å². The monoisotopic (exact) mass is 307 g/mol. The van der Waals surface area contributed by atoms with E-state index in [9.17, 15) is 0 Å². The van der Waals surface area contributed by atoms with E-state index in [1.807, 2.05) is 11.3 Å². The van der Waals surface area contributed by atoms with Crippen molar-refractivity contribution in [2.75, 3.05) is 13.2 Å². The van der Waals surface area contributed by atoms with Gasteiger partial charge in [-0.15, -0.1) is 11.3 Å². The van der Waals surface area contributed by atoms with Gasteiger partial charge >= 0.3 is 0 Å². The van der Waals surface area contributed by atoms with Crippen molar-refractivity contribution in [2.45, 2.75) is 70.4 Å². The fourth-order valence-corrected chi connectivity index (χ4v) is 5.18. The molecular weight excluding hydrogens is 278 g/mol. The second-order valence-corrected chi connectivity index (χ2v) is 8.19. The zero-order valence-corrected chi connectivity index (χ0v) is 14.3. The van der Waals surface area contributed by atoms with Crippen LogP contribution in [-0.4, -0.2) is 18.8 Å². The average Bonchev–Trinajstić information content (AvgIpc) is 3.10. The molecule has 1 saturated carbocycles. The minimum atomic E-state index is 0.224. The third-order valence-electron chi connectivity index (χ3n) is 5.20. The van der Waals surface area contributed by atoms with Gasteiger partial charge in [0.15, 0.2) is 0 Å². The summed E-state index contributed by atoms with van der Waals surface area (Å²) in [5, 5.41) is 3.83. The Morgan fingerprint density at radius 3 is 2.86 bits per heavy atom. The Morgan fingerprint density at radius 1 is 1.38 bits per heavy atom. The molecule has 0 amide bonds.